The summed E-state index contributed by atoms with van der Waals surface area (Å²) in [5.74, 6) is -0.152. The van der Waals surface area contributed by atoms with E-state index in [1.54, 1.807) is 19.2 Å². The Labute approximate surface area is 158 Å². The molecule has 0 aliphatic rings. The number of carboxylic acids is 1. The van der Waals surface area contributed by atoms with Gasteiger partial charge < -0.3 is 14.4 Å². The van der Waals surface area contributed by atoms with Gasteiger partial charge in [0.05, 0.1) is 18.4 Å². The second-order valence-electron chi connectivity index (χ2n) is 6.43. The Kier molecular flexibility index (Phi) is 5.12. The summed E-state index contributed by atoms with van der Waals surface area (Å²) in [5, 5.41) is 9.17. The minimum atomic E-state index is -0.920. The number of carbonyl (C=O) groups is 1. The molecule has 0 radical (unpaired) electrons. The van der Waals surface area contributed by atoms with Gasteiger partial charge in [0.25, 0.3) is 0 Å². The van der Waals surface area contributed by atoms with E-state index in [1.165, 1.54) is 0 Å². The Hall–Kier alpha value is -3.34. The van der Waals surface area contributed by atoms with Crippen molar-refractivity contribution in [3.8, 4) is 11.4 Å². The fourth-order valence-electron chi connectivity index (χ4n) is 3.16. The number of hydrogen-bond donors (Lipinski definition) is 1. The Morgan fingerprint density at radius 3 is 2.56 bits per heavy atom. The molecule has 0 aliphatic heterocycles. The molecule has 0 aliphatic carbocycles. The first kappa shape index (κ1) is 18.5. The number of aromatic nitrogens is 1. The molecule has 0 atom stereocenters. The number of ether oxygens (including phenoxy) is 1. The average Bonchev–Trinajstić information content (AvgIpc) is 2.93. The number of hydrogen-bond acceptors (Lipinski definition) is 3. The molecule has 27 heavy (non-hydrogen) atoms. The maximum atomic E-state index is 11.2. The molecule has 3 rings (SSSR count). The predicted octanol–water partition coefficient (Wildman–Crippen LogP) is 4.86. The molecule has 0 saturated carbocycles. The van der Waals surface area contributed by atoms with Gasteiger partial charge in [0.2, 0.25) is 0 Å². The third-order valence-electron chi connectivity index (χ3n) is 4.56. The lowest BCUT2D eigenvalue weighted by molar-refractivity contribution is 0.0697. The van der Waals surface area contributed by atoms with E-state index in [-0.39, 0.29) is 0 Å². The van der Waals surface area contributed by atoms with Gasteiger partial charge in [-0.2, -0.15) is 0 Å². The highest BCUT2D eigenvalue weighted by Crippen LogP contribution is 2.25. The SMILES string of the molecule is COc1cccc(N=Cc2cc(C)n(-c3ccc(C(=O)O)cc3C)c2C)c1. The number of benzene rings is 2. The summed E-state index contributed by atoms with van der Waals surface area (Å²) in [6.45, 7) is 5.98. The third kappa shape index (κ3) is 3.77. The first-order chi connectivity index (χ1) is 12.9. The van der Waals surface area contributed by atoms with E-state index >= 15 is 0 Å². The van der Waals surface area contributed by atoms with E-state index in [9.17, 15) is 4.79 Å². The summed E-state index contributed by atoms with van der Waals surface area (Å²) in [6.07, 6.45) is 1.84. The van der Waals surface area contributed by atoms with Crippen molar-refractivity contribution in [3.63, 3.8) is 0 Å². The molecule has 3 aromatic rings. The maximum absolute atomic E-state index is 11.2. The van der Waals surface area contributed by atoms with Crippen molar-refractivity contribution in [1.29, 1.82) is 0 Å². The van der Waals surface area contributed by atoms with E-state index in [1.807, 2.05) is 57.3 Å². The molecular formula is C22H22N2O3. The monoisotopic (exact) mass is 362 g/mol. The zero-order chi connectivity index (χ0) is 19.6. The van der Waals surface area contributed by atoms with Crippen LogP contribution in [-0.4, -0.2) is 29.0 Å². The number of aryl methyl sites for hydroxylation is 2. The minimum absolute atomic E-state index is 0.290. The molecule has 0 spiro atoms. The number of aliphatic imine (C=N–C) groups is 1. The molecule has 0 saturated heterocycles. The van der Waals surface area contributed by atoms with Crippen molar-refractivity contribution >= 4 is 17.9 Å². The molecule has 0 fully saturated rings. The zero-order valence-electron chi connectivity index (χ0n) is 15.9. The van der Waals surface area contributed by atoms with Gasteiger partial charge in [0, 0.05) is 34.9 Å². The van der Waals surface area contributed by atoms with Crippen LogP contribution in [0.4, 0.5) is 5.69 Å². The Balaban J connectivity index is 1.98. The average molecular weight is 362 g/mol. The number of rotatable bonds is 5. The molecule has 5 nitrogen and oxygen atoms in total. The van der Waals surface area contributed by atoms with Gasteiger partial charge in [0.15, 0.2) is 0 Å². The predicted molar refractivity (Wildman–Crippen MR) is 107 cm³/mol. The summed E-state index contributed by atoms with van der Waals surface area (Å²) in [7, 11) is 1.63. The van der Waals surface area contributed by atoms with Crippen LogP contribution >= 0.6 is 0 Å². The molecule has 0 bridgehead atoms. The second kappa shape index (κ2) is 7.50. The summed E-state index contributed by atoms with van der Waals surface area (Å²) < 4.78 is 7.35. The fourth-order valence-corrected chi connectivity index (χ4v) is 3.16. The van der Waals surface area contributed by atoms with Crippen LogP contribution in [0.1, 0.15) is 32.9 Å². The molecule has 0 unspecified atom stereocenters. The van der Waals surface area contributed by atoms with Crippen LogP contribution in [0, 0.1) is 20.8 Å². The van der Waals surface area contributed by atoms with Gasteiger partial charge in [-0.1, -0.05) is 6.07 Å². The summed E-state index contributed by atoms with van der Waals surface area (Å²) in [6, 6.07) is 14.8. The highest BCUT2D eigenvalue weighted by molar-refractivity contribution is 5.88. The molecule has 1 N–H and O–H groups in total. The lowest BCUT2D eigenvalue weighted by atomic mass is 10.1. The number of aromatic carboxylic acids is 1. The highest BCUT2D eigenvalue weighted by atomic mass is 16.5. The van der Waals surface area contributed by atoms with E-state index in [0.29, 0.717) is 5.56 Å². The number of methoxy groups -OCH3 is 1. The second-order valence-corrected chi connectivity index (χ2v) is 6.43. The summed E-state index contributed by atoms with van der Waals surface area (Å²) in [4.78, 5) is 15.7. The molecule has 138 valence electrons. The molecule has 1 heterocycles. The Morgan fingerprint density at radius 1 is 1.11 bits per heavy atom. The first-order valence-corrected chi connectivity index (χ1v) is 8.62. The fraction of sp³-hybridized carbons (Fsp3) is 0.182. The standard InChI is InChI=1S/C22H22N2O3/c1-14-10-17(22(25)26)8-9-21(14)24-15(2)11-18(16(24)3)13-23-19-6-5-7-20(12-19)27-4/h5-13H,1-4H3,(H,25,26). The Morgan fingerprint density at radius 2 is 1.89 bits per heavy atom. The maximum Gasteiger partial charge on any atom is 0.335 e. The quantitative estimate of drug-likeness (QED) is 0.659. The van der Waals surface area contributed by atoms with E-state index in [4.69, 9.17) is 9.84 Å². The molecular weight excluding hydrogens is 340 g/mol. The van der Waals surface area contributed by atoms with E-state index in [2.05, 4.69) is 15.6 Å². The minimum Gasteiger partial charge on any atom is -0.497 e. The first-order valence-electron chi connectivity index (χ1n) is 8.62. The van der Waals surface area contributed by atoms with Crippen LogP contribution in [0.5, 0.6) is 5.75 Å². The van der Waals surface area contributed by atoms with Crippen LogP contribution in [0.25, 0.3) is 5.69 Å². The van der Waals surface area contributed by atoms with Gasteiger partial charge in [0.1, 0.15) is 5.75 Å². The van der Waals surface area contributed by atoms with Crippen molar-refractivity contribution < 1.29 is 14.6 Å². The lowest BCUT2D eigenvalue weighted by Gasteiger charge is -2.13. The van der Waals surface area contributed by atoms with E-state index < -0.39 is 5.97 Å². The van der Waals surface area contributed by atoms with Crippen molar-refractivity contribution in [3.05, 3.63) is 76.6 Å². The summed E-state index contributed by atoms with van der Waals surface area (Å²) in [5.41, 5.74) is 6.11. The molecule has 1 aromatic heterocycles. The van der Waals surface area contributed by atoms with Crippen molar-refractivity contribution in [1.82, 2.24) is 4.57 Å². The van der Waals surface area contributed by atoms with E-state index in [0.717, 1.165) is 39.6 Å². The van der Waals surface area contributed by atoms with Gasteiger partial charge in [-0.15, -0.1) is 0 Å². The van der Waals surface area contributed by atoms with Gasteiger partial charge in [-0.3, -0.25) is 4.99 Å². The van der Waals surface area contributed by atoms with Crippen molar-refractivity contribution in [2.75, 3.05) is 7.11 Å². The van der Waals surface area contributed by atoms with Crippen LogP contribution in [0.3, 0.4) is 0 Å². The van der Waals surface area contributed by atoms with Gasteiger partial charge >= 0.3 is 5.97 Å². The van der Waals surface area contributed by atoms with Crippen LogP contribution in [0.15, 0.2) is 53.5 Å². The lowest BCUT2D eigenvalue weighted by Crippen LogP contribution is -2.04. The Bertz CT molecular complexity index is 1030. The molecule has 0 amide bonds. The number of nitrogens with zero attached hydrogens (tertiary/aromatic N) is 2. The largest absolute Gasteiger partial charge is 0.497 e. The molecule has 2 aromatic carbocycles. The van der Waals surface area contributed by atoms with Crippen molar-refractivity contribution in [2.45, 2.75) is 20.8 Å². The van der Waals surface area contributed by atoms with Crippen LogP contribution < -0.4 is 4.74 Å². The summed E-state index contributed by atoms with van der Waals surface area (Å²) >= 11 is 0. The topological polar surface area (TPSA) is 63.8 Å². The zero-order valence-corrected chi connectivity index (χ0v) is 15.9. The van der Waals surface area contributed by atoms with Crippen LogP contribution in [-0.2, 0) is 0 Å². The third-order valence-corrected chi connectivity index (χ3v) is 4.56. The van der Waals surface area contributed by atoms with Gasteiger partial charge in [-0.25, -0.2) is 4.79 Å². The van der Waals surface area contributed by atoms with Crippen LogP contribution in [0.2, 0.25) is 0 Å². The number of carboxylic acid groups (broad SMARTS) is 1. The highest BCUT2D eigenvalue weighted by Gasteiger charge is 2.13. The van der Waals surface area contributed by atoms with Crippen molar-refractivity contribution in [2.24, 2.45) is 4.99 Å². The molecule has 5 heteroatoms. The smallest absolute Gasteiger partial charge is 0.335 e. The van der Waals surface area contributed by atoms with Gasteiger partial charge in [-0.05, 0) is 62.7 Å². The normalized spacial score (nSPS) is 11.1.